The van der Waals surface area contributed by atoms with Crippen molar-refractivity contribution in [2.45, 2.75) is 25.5 Å². The summed E-state index contributed by atoms with van der Waals surface area (Å²) in [6, 6.07) is 2.23. The second kappa shape index (κ2) is 7.72. The predicted octanol–water partition coefficient (Wildman–Crippen LogP) is 2.26. The van der Waals surface area contributed by atoms with Gasteiger partial charge in [-0.3, -0.25) is 4.98 Å². The lowest BCUT2D eigenvalue weighted by molar-refractivity contribution is 0.0467. The summed E-state index contributed by atoms with van der Waals surface area (Å²) in [4.78, 5) is 4.25. The lowest BCUT2D eigenvalue weighted by Crippen LogP contribution is -2.38. The summed E-state index contributed by atoms with van der Waals surface area (Å²) >= 11 is 1.95. The van der Waals surface area contributed by atoms with Gasteiger partial charge in [0.05, 0.1) is 32.1 Å². The SMILES string of the molecule is CCCNC(c1cncc(OC)c1)C1CSCCO1. The molecule has 1 fully saturated rings. The molecule has 2 heterocycles. The Balaban J connectivity index is 2.14. The molecule has 2 unspecified atom stereocenters. The van der Waals surface area contributed by atoms with E-state index in [-0.39, 0.29) is 12.1 Å². The van der Waals surface area contributed by atoms with E-state index in [2.05, 4.69) is 17.2 Å². The summed E-state index contributed by atoms with van der Waals surface area (Å²) in [6.45, 7) is 3.98. The van der Waals surface area contributed by atoms with Gasteiger partial charge in [0, 0.05) is 17.7 Å². The molecule has 19 heavy (non-hydrogen) atoms. The fourth-order valence-corrected chi connectivity index (χ4v) is 3.08. The average molecular weight is 282 g/mol. The molecule has 1 aliphatic rings. The van der Waals surface area contributed by atoms with Gasteiger partial charge in [0.1, 0.15) is 5.75 Å². The van der Waals surface area contributed by atoms with Crippen molar-refractivity contribution in [1.29, 1.82) is 0 Å². The zero-order valence-corrected chi connectivity index (χ0v) is 12.4. The first-order valence-corrected chi connectivity index (χ1v) is 7.92. The number of rotatable bonds is 6. The summed E-state index contributed by atoms with van der Waals surface area (Å²) in [5.74, 6) is 2.91. The molecule has 106 valence electrons. The van der Waals surface area contributed by atoms with Crippen molar-refractivity contribution < 1.29 is 9.47 Å². The number of methoxy groups -OCH3 is 1. The molecule has 2 atom stereocenters. The molecule has 0 saturated carbocycles. The Hall–Kier alpha value is -0.780. The minimum atomic E-state index is 0.190. The number of nitrogens with one attached hydrogen (secondary N) is 1. The molecule has 1 N–H and O–H groups in total. The van der Waals surface area contributed by atoms with Crippen LogP contribution < -0.4 is 10.1 Å². The largest absolute Gasteiger partial charge is 0.495 e. The Morgan fingerprint density at radius 2 is 2.47 bits per heavy atom. The number of hydrogen-bond donors (Lipinski definition) is 1. The fourth-order valence-electron chi connectivity index (χ4n) is 2.18. The molecule has 0 amide bonds. The van der Waals surface area contributed by atoms with Crippen LogP contribution >= 0.6 is 11.8 Å². The molecule has 2 rings (SSSR count). The van der Waals surface area contributed by atoms with E-state index in [1.54, 1.807) is 13.3 Å². The van der Waals surface area contributed by atoms with Gasteiger partial charge in [0.25, 0.3) is 0 Å². The molecular formula is C14H22N2O2S. The summed E-state index contributed by atoms with van der Waals surface area (Å²) in [5.41, 5.74) is 1.14. The molecule has 1 saturated heterocycles. The van der Waals surface area contributed by atoms with Crippen molar-refractivity contribution in [2.24, 2.45) is 0 Å². The summed E-state index contributed by atoms with van der Waals surface area (Å²) < 4.78 is 11.2. The number of hydrogen-bond acceptors (Lipinski definition) is 5. The van der Waals surface area contributed by atoms with Crippen LogP contribution in [0.5, 0.6) is 5.75 Å². The van der Waals surface area contributed by atoms with Crippen LogP contribution in [0.25, 0.3) is 0 Å². The number of pyridine rings is 1. The molecular weight excluding hydrogens is 260 g/mol. The lowest BCUT2D eigenvalue weighted by atomic mass is 10.0. The molecule has 1 aliphatic heterocycles. The van der Waals surface area contributed by atoms with Gasteiger partial charge in [-0.05, 0) is 24.6 Å². The van der Waals surface area contributed by atoms with Gasteiger partial charge in [-0.15, -0.1) is 0 Å². The van der Waals surface area contributed by atoms with Gasteiger partial charge in [-0.1, -0.05) is 6.92 Å². The summed E-state index contributed by atoms with van der Waals surface area (Å²) in [7, 11) is 1.67. The number of ether oxygens (including phenoxy) is 2. The number of aromatic nitrogens is 1. The predicted molar refractivity (Wildman–Crippen MR) is 78.9 cm³/mol. The van der Waals surface area contributed by atoms with Crippen molar-refractivity contribution in [1.82, 2.24) is 10.3 Å². The number of nitrogens with zero attached hydrogens (tertiary/aromatic N) is 1. The smallest absolute Gasteiger partial charge is 0.137 e. The van der Waals surface area contributed by atoms with Crippen molar-refractivity contribution in [3.63, 3.8) is 0 Å². The maximum absolute atomic E-state index is 5.91. The molecule has 0 radical (unpaired) electrons. The average Bonchev–Trinajstić information content (AvgIpc) is 2.49. The highest BCUT2D eigenvalue weighted by molar-refractivity contribution is 7.99. The van der Waals surface area contributed by atoms with E-state index >= 15 is 0 Å². The Kier molecular flexibility index (Phi) is 5.94. The van der Waals surface area contributed by atoms with Gasteiger partial charge in [0.2, 0.25) is 0 Å². The van der Waals surface area contributed by atoms with Crippen LogP contribution in [0.2, 0.25) is 0 Å². The van der Waals surface area contributed by atoms with Crippen LogP contribution in [0.3, 0.4) is 0 Å². The Bertz CT molecular complexity index is 383. The third-order valence-corrected chi connectivity index (χ3v) is 4.18. The van der Waals surface area contributed by atoms with E-state index in [1.807, 2.05) is 24.0 Å². The van der Waals surface area contributed by atoms with Crippen LogP contribution in [0.15, 0.2) is 18.5 Å². The fraction of sp³-hybridized carbons (Fsp3) is 0.643. The zero-order valence-electron chi connectivity index (χ0n) is 11.6. The van der Waals surface area contributed by atoms with Crippen molar-refractivity contribution in [3.8, 4) is 5.75 Å². The highest BCUT2D eigenvalue weighted by atomic mass is 32.2. The van der Waals surface area contributed by atoms with Gasteiger partial charge in [0.15, 0.2) is 0 Å². The van der Waals surface area contributed by atoms with Crippen LogP contribution in [0.1, 0.15) is 24.9 Å². The summed E-state index contributed by atoms with van der Waals surface area (Å²) in [5, 5.41) is 3.57. The minimum absolute atomic E-state index is 0.190. The van der Waals surface area contributed by atoms with E-state index in [0.29, 0.717) is 0 Å². The number of thioether (sulfide) groups is 1. The van der Waals surface area contributed by atoms with Crippen molar-refractivity contribution in [3.05, 3.63) is 24.0 Å². The van der Waals surface area contributed by atoms with E-state index in [1.165, 1.54) is 0 Å². The lowest BCUT2D eigenvalue weighted by Gasteiger charge is -2.31. The molecule has 1 aromatic heterocycles. The minimum Gasteiger partial charge on any atom is -0.495 e. The molecule has 0 aliphatic carbocycles. The van der Waals surface area contributed by atoms with Gasteiger partial charge in [-0.25, -0.2) is 0 Å². The molecule has 0 bridgehead atoms. The summed E-state index contributed by atoms with van der Waals surface area (Å²) in [6.07, 6.45) is 4.95. The van der Waals surface area contributed by atoms with Crippen molar-refractivity contribution in [2.75, 3.05) is 31.8 Å². The Morgan fingerprint density at radius 1 is 1.58 bits per heavy atom. The Morgan fingerprint density at radius 3 is 3.16 bits per heavy atom. The van der Waals surface area contributed by atoms with Gasteiger partial charge in [-0.2, -0.15) is 11.8 Å². The van der Waals surface area contributed by atoms with E-state index in [4.69, 9.17) is 9.47 Å². The maximum Gasteiger partial charge on any atom is 0.137 e. The Labute approximate surface area is 119 Å². The second-order valence-corrected chi connectivity index (χ2v) is 5.72. The molecule has 5 heteroatoms. The zero-order chi connectivity index (χ0) is 13.5. The highest BCUT2D eigenvalue weighted by Crippen LogP contribution is 2.27. The van der Waals surface area contributed by atoms with Gasteiger partial charge < -0.3 is 14.8 Å². The first-order chi connectivity index (χ1) is 9.35. The molecule has 0 aromatic carbocycles. The van der Waals surface area contributed by atoms with Crippen LogP contribution in [0.4, 0.5) is 0 Å². The standard InChI is InChI=1S/C14H22N2O2S/c1-3-4-16-14(13-10-19-6-5-18-13)11-7-12(17-2)9-15-8-11/h7-9,13-14,16H,3-6,10H2,1-2H3. The quantitative estimate of drug-likeness (QED) is 0.867. The second-order valence-electron chi connectivity index (χ2n) is 4.57. The van der Waals surface area contributed by atoms with Crippen LogP contribution in [0, 0.1) is 0 Å². The topological polar surface area (TPSA) is 43.4 Å². The highest BCUT2D eigenvalue weighted by Gasteiger charge is 2.26. The van der Waals surface area contributed by atoms with E-state index < -0.39 is 0 Å². The van der Waals surface area contributed by atoms with E-state index in [0.717, 1.165) is 42.4 Å². The van der Waals surface area contributed by atoms with Crippen LogP contribution in [-0.4, -0.2) is 42.9 Å². The first kappa shape index (κ1) is 14.6. The monoisotopic (exact) mass is 282 g/mol. The third-order valence-electron chi connectivity index (χ3n) is 3.16. The maximum atomic E-state index is 5.91. The third kappa shape index (κ3) is 4.09. The van der Waals surface area contributed by atoms with Crippen LogP contribution in [-0.2, 0) is 4.74 Å². The van der Waals surface area contributed by atoms with E-state index in [9.17, 15) is 0 Å². The normalized spacial score (nSPS) is 21.1. The molecule has 4 nitrogen and oxygen atoms in total. The molecule has 0 spiro atoms. The van der Waals surface area contributed by atoms with Crippen molar-refractivity contribution >= 4 is 11.8 Å². The first-order valence-electron chi connectivity index (χ1n) is 6.76. The van der Waals surface area contributed by atoms with Gasteiger partial charge >= 0.3 is 0 Å². The molecule has 1 aromatic rings.